The first-order valence-electron chi connectivity index (χ1n) is 5.89. The molecule has 5 heteroatoms. The van der Waals surface area contributed by atoms with Crippen LogP contribution in [0.1, 0.15) is 49.9 Å². The van der Waals surface area contributed by atoms with Crippen molar-refractivity contribution in [2.45, 2.75) is 43.7 Å². The molecule has 2 aliphatic rings. The van der Waals surface area contributed by atoms with Crippen molar-refractivity contribution in [1.29, 1.82) is 0 Å². The van der Waals surface area contributed by atoms with Crippen LogP contribution in [0.4, 0.5) is 0 Å². The van der Waals surface area contributed by atoms with Gasteiger partial charge in [0, 0.05) is 7.11 Å². The lowest BCUT2D eigenvalue weighted by atomic mass is 9.78. The number of nitrogens with zero attached hydrogens (tertiary/aromatic N) is 2. The number of rotatable bonds is 4. The summed E-state index contributed by atoms with van der Waals surface area (Å²) in [6.45, 7) is 0. The van der Waals surface area contributed by atoms with Crippen LogP contribution in [0.5, 0.6) is 0 Å². The Kier molecular flexibility index (Phi) is 2.26. The highest BCUT2D eigenvalue weighted by molar-refractivity contribution is 5.09. The molecule has 2 fully saturated rings. The summed E-state index contributed by atoms with van der Waals surface area (Å²) in [6, 6.07) is 0. The van der Waals surface area contributed by atoms with E-state index in [1.807, 2.05) is 0 Å². The van der Waals surface area contributed by atoms with Gasteiger partial charge in [-0.15, -0.1) is 0 Å². The van der Waals surface area contributed by atoms with Crippen LogP contribution < -0.4 is 5.73 Å². The predicted octanol–water partition coefficient (Wildman–Crippen LogP) is 1.51. The Balaban J connectivity index is 1.81. The highest BCUT2D eigenvalue weighted by Crippen LogP contribution is 2.43. The summed E-state index contributed by atoms with van der Waals surface area (Å²) in [5.41, 5.74) is 5.77. The van der Waals surface area contributed by atoms with Gasteiger partial charge < -0.3 is 15.0 Å². The summed E-state index contributed by atoms with van der Waals surface area (Å²) in [7, 11) is 1.70. The number of aromatic nitrogens is 2. The second-order valence-electron chi connectivity index (χ2n) is 4.96. The molecule has 88 valence electrons. The van der Waals surface area contributed by atoms with Crippen molar-refractivity contribution < 1.29 is 9.26 Å². The molecule has 0 saturated heterocycles. The third-order valence-electron chi connectivity index (χ3n) is 3.67. The SMILES string of the molecule is COC(c1noc(C2(N)CCC2)n1)C1CC1. The van der Waals surface area contributed by atoms with E-state index in [1.165, 1.54) is 12.8 Å². The topological polar surface area (TPSA) is 74.2 Å². The first kappa shape index (κ1) is 10.2. The van der Waals surface area contributed by atoms with Gasteiger partial charge in [0.05, 0.1) is 5.54 Å². The second-order valence-corrected chi connectivity index (χ2v) is 4.96. The van der Waals surface area contributed by atoms with Crippen LogP contribution in [-0.2, 0) is 10.3 Å². The predicted molar refractivity (Wildman–Crippen MR) is 56.5 cm³/mol. The van der Waals surface area contributed by atoms with Crippen molar-refractivity contribution in [2.75, 3.05) is 7.11 Å². The summed E-state index contributed by atoms with van der Waals surface area (Å²) >= 11 is 0. The zero-order chi connectivity index (χ0) is 11.2. The molecule has 2 aliphatic carbocycles. The van der Waals surface area contributed by atoms with Crippen molar-refractivity contribution in [2.24, 2.45) is 11.7 Å². The lowest BCUT2D eigenvalue weighted by molar-refractivity contribution is 0.0750. The van der Waals surface area contributed by atoms with Gasteiger partial charge in [-0.05, 0) is 38.0 Å². The second kappa shape index (κ2) is 3.53. The minimum atomic E-state index is -0.368. The molecule has 2 N–H and O–H groups in total. The van der Waals surface area contributed by atoms with E-state index in [0.29, 0.717) is 17.6 Å². The van der Waals surface area contributed by atoms with Gasteiger partial charge in [-0.2, -0.15) is 4.98 Å². The van der Waals surface area contributed by atoms with E-state index in [4.69, 9.17) is 15.0 Å². The summed E-state index contributed by atoms with van der Waals surface area (Å²) in [5.74, 6) is 1.80. The summed E-state index contributed by atoms with van der Waals surface area (Å²) in [6.07, 6.45) is 5.39. The molecule has 0 radical (unpaired) electrons. The van der Waals surface area contributed by atoms with Gasteiger partial charge in [0.15, 0.2) is 0 Å². The lowest BCUT2D eigenvalue weighted by Gasteiger charge is -2.33. The molecule has 0 aliphatic heterocycles. The fourth-order valence-electron chi connectivity index (χ4n) is 2.23. The summed E-state index contributed by atoms with van der Waals surface area (Å²) < 4.78 is 10.7. The zero-order valence-electron chi connectivity index (χ0n) is 9.48. The maximum Gasteiger partial charge on any atom is 0.246 e. The number of ether oxygens (including phenoxy) is 1. The number of methoxy groups -OCH3 is 1. The summed E-state index contributed by atoms with van der Waals surface area (Å²) in [4.78, 5) is 4.41. The van der Waals surface area contributed by atoms with Crippen molar-refractivity contribution in [3.63, 3.8) is 0 Å². The van der Waals surface area contributed by atoms with Crippen molar-refractivity contribution in [3.8, 4) is 0 Å². The molecule has 0 bridgehead atoms. The Morgan fingerprint density at radius 1 is 1.50 bits per heavy atom. The third-order valence-corrected chi connectivity index (χ3v) is 3.67. The zero-order valence-corrected chi connectivity index (χ0v) is 9.48. The number of hydrogen-bond acceptors (Lipinski definition) is 5. The quantitative estimate of drug-likeness (QED) is 0.837. The first-order chi connectivity index (χ1) is 7.73. The first-order valence-corrected chi connectivity index (χ1v) is 5.89. The normalized spacial score (nSPS) is 25.1. The third kappa shape index (κ3) is 1.55. The van der Waals surface area contributed by atoms with Gasteiger partial charge in [0.2, 0.25) is 11.7 Å². The molecule has 16 heavy (non-hydrogen) atoms. The van der Waals surface area contributed by atoms with E-state index < -0.39 is 0 Å². The van der Waals surface area contributed by atoms with Crippen LogP contribution in [0.15, 0.2) is 4.52 Å². The minimum Gasteiger partial charge on any atom is -0.373 e. The standard InChI is InChI=1S/C11H17N3O2/c1-15-8(7-3-4-7)9-13-10(16-14-9)11(12)5-2-6-11/h7-8H,2-6,12H2,1H3. The molecule has 1 atom stereocenters. The monoisotopic (exact) mass is 223 g/mol. The molecule has 1 heterocycles. The smallest absolute Gasteiger partial charge is 0.246 e. The molecule has 0 spiro atoms. The van der Waals surface area contributed by atoms with Gasteiger partial charge >= 0.3 is 0 Å². The van der Waals surface area contributed by atoms with Crippen molar-refractivity contribution in [1.82, 2.24) is 10.1 Å². The average molecular weight is 223 g/mol. The summed E-state index contributed by atoms with van der Waals surface area (Å²) in [5, 5.41) is 4.01. The van der Waals surface area contributed by atoms with Gasteiger partial charge in [-0.25, -0.2) is 0 Å². The number of hydrogen-bond donors (Lipinski definition) is 1. The van der Waals surface area contributed by atoms with Crippen LogP contribution in [0, 0.1) is 5.92 Å². The Morgan fingerprint density at radius 2 is 2.25 bits per heavy atom. The van der Waals surface area contributed by atoms with Gasteiger partial charge in [0.1, 0.15) is 6.10 Å². The van der Waals surface area contributed by atoms with Crippen molar-refractivity contribution in [3.05, 3.63) is 11.7 Å². The molecular weight excluding hydrogens is 206 g/mol. The lowest BCUT2D eigenvalue weighted by Crippen LogP contribution is -2.43. The van der Waals surface area contributed by atoms with Crippen LogP contribution in [0.3, 0.4) is 0 Å². The minimum absolute atomic E-state index is 0.0128. The highest BCUT2D eigenvalue weighted by Gasteiger charge is 2.42. The van der Waals surface area contributed by atoms with Gasteiger partial charge in [-0.1, -0.05) is 5.16 Å². The molecule has 1 aromatic heterocycles. The number of nitrogens with two attached hydrogens (primary N) is 1. The highest BCUT2D eigenvalue weighted by atomic mass is 16.5. The Hall–Kier alpha value is -0.940. The van der Waals surface area contributed by atoms with Crippen LogP contribution in [0.2, 0.25) is 0 Å². The van der Waals surface area contributed by atoms with Crippen LogP contribution in [-0.4, -0.2) is 17.3 Å². The fraction of sp³-hybridized carbons (Fsp3) is 0.818. The van der Waals surface area contributed by atoms with E-state index in [9.17, 15) is 0 Å². The van der Waals surface area contributed by atoms with Gasteiger partial charge in [0.25, 0.3) is 0 Å². The largest absolute Gasteiger partial charge is 0.373 e. The molecule has 3 rings (SSSR count). The molecule has 1 unspecified atom stereocenters. The van der Waals surface area contributed by atoms with Crippen LogP contribution in [0.25, 0.3) is 0 Å². The van der Waals surface area contributed by atoms with Gasteiger partial charge in [-0.3, -0.25) is 0 Å². The molecule has 0 amide bonds. The maximum atomic E-state index is 6.13. The van der Waals surface area contributed by atoms with E-state index in [1.54, 1.807) is 7.11 Å². The maximum absolute atomic E-state index is 6.13. The Bertz CT molecular complexity index is 382. The molecule has 0 aromatic carbocycles. The van der Waals surface area contributed by atoms with E-state index in [-0.39, 0.29) is 11.6 Å². The average Bonchev–Trinajstić information content (AvgIpc) is 2.94. The Labute approximate surface area is 94.3 Å². The molecular formula is C11H17N3O2. The fourth-order valence-corrected chi connectivity index (χ4v) is 2.23. The molecule has 5 nitrogen and oxygen atoms in total. The van der Waals surface area contributed by atoms with Crippen LogP contribution >= 0.6 is 0 Å². The molecule has 1 aromatic rings. The van der Waals surface area contributed by atoms with E-state index >= 15 is 0 Å². The Morgan fingerprint density at radius 3 is 2.75 bits per heavy atom. The van der Waals surface area contributed by atoms with E-state index in [2.05, 4.69) is 10.1 Å². The molecule has 2 saturated carbocycles. The van der Waals surface area contributed by atoms with Crippen molar-refractivity contribution >= 4 is 0 Å². The van der Waals surface area contributed by atoms with E-state index in [0.717, 1.165) is 19.3 Å².